The smallest absolute Gasteiger partial charge is 0.0541 e. The fourth-order valence-electron chi connectivity index (χ4n) is 3.69. The lowest BCUT2D eigenvalue weighted by Crippen LogP contribution is -1.93. The minimum atomic E-state index is 1.03. The van der Waals surface area contributed by atoms with Gasteiger partial charge < -0.3 is 4.57 Å². The van der Waals surface area contributed by atoms with E-state index in [0.717, 1.165) is 6.42 Å². The second kappa shape index (κ2) is 7.05. The summed E-state index contributed by atoms with van der Waals surface area (Å²) in [6.07, 6.45) is 7.61. The predicted molar refractivity (Wildman–Crippen MR) is 114 cm³/mol. The van der Waals surface area contributed by atoms with E-state index in [1.54, 1.807) is 0 Å². The van der Waals surface area contributed by atoms with Gasteiger partial charge in [0, 0.05) is 16.5 Å². The number of fused-ring (bicyclic) bond motifs is 3. The van der Waals surface area contributed by atoms with Gasteiger partial charge in [0.25, 0.3) is 0 Å². The molecule has 0 amide bonds. The SMILES string of the molecule is C1=CCC(c2ccc3c(c2)c2ccccc2n3-c2ccccc2)=C1.CC. The Kier molecular flexibility index (Phi) is 4.45. The normalized spacial score (nSPS) is 12.9. The van der Waals surface area contributed by atoms with Gasteiger partial charge in [0.2, 0.25) is 0 Å². The van der Waals surface area contributed by atoms with Crippen LogP contribution in [0.15, 0.2) is 91.0 Å². The molecule has 0 fully saturated rings. The van der Waals surface area contributed by atoms with E-state index in [1.807, 2.05) is 13.8 Å². The molecule has 5 rings (SSSR count). The molecule has 0 atom stereocenters. The minimum absolute atomic E-state index is 1.03. The summed E-state index contributed by atoms with van der Waals surface area (Å²) in [5.41, 5.74) is 6.45. The van der Waals surface area contributed by atoms with Crippen molar-refractivity contribution in [2.45, 2.75) is 20.3 Å². The fraction of sp³-hybridized carbons (Fsp3) is 0.120. The van der Waals surface area contributed by atoms with Gasteiger partial charge in [-0.15, -0.1) is 0 Å². The number of hydrogen-bond donors (Lipinski definition) is 0. The van der Waals surface area contributed by atoms with E-state index in [2.05, 4.69) is 95.6 Å². The second-order valence-electron chi connectivity index (χ2n) is 6.24. The van der Waals surface area contributed by atoms with Crippen LogP contribution in [0.4, 0.5) is 0 Å². The Morgan fingerprint density at radius 3 is 2.23 bits per heavy atom. The molecule has 0 aliphatic heterocycles. The first-order valence-corrected chi connectivity index (χ1v) is 9.36. The molecule has 0 bridgehead atoms. The highest BCUT2D eigenvalue weighted by Gasteiger charge is 2.13. The summed E-state index contributed by atoms with van der Waals surface area (Å²) >= 11 is 0. The summed E-state index contributed by atoms with van der Waals surface area (Å²) in [5, 5.41) is 2.63. The van der Waals surface area contributed by atoms with Crippen molar-refractivity contribution in [2.75, 3.05) is 0 Å². The van der Waals surface area contributed by atoms with Gasteiger partial charge in [-0.1, -0.05) is 74.5 Å². The highest BCUT2D eigenvalue weighted by atomic mass is 15.0. The molecule has 0 unspecified atom stereocenters. The van der Waals surface area contributed by atoms with Gasteiger partial charge in [-0.3, -0.25) is 0 Å². The molecule has 26 heavy (non-hydrogen) atoms. The van der Waals surface area contributed by atoms with Crippen molar-refractivity contribution < 1.29 is 0 Å². The van der Waals surface area contributed by atoms with Crippen LogP contribution >= 0.6 is 0 Å². The maximum absolute atomic E-state index is 2.36. The van der Waals surface area contributed by atoms with Crippen LogP contribution in [0.5, 0.6) is 0 Å². The first kappa shape index (κ1) is 16.4. The predicted octanol–water partition coefficient (Wildman–Crippen LogP) is 7.15. The fourth-order valence-corrected chi connectivity index (χ4v) is 3.69. The number of aromatic nitrogens is 1. The molecule has 1 nitrogen and oxygen atoms in total. The maximum Gasteiger partial charge on any atom is 0.0541 e. The zero-order chi connectivity index (χ0) is 17.9. The summed E-state index contributed by atoms with van der Waals surface area (Å²) < 4.78 is 2.36. The molecule has 0 radical (unpaired) electrons. The molecule has 128 valence electrons. The standard InChI is InChI=1S/C23H17N.C2H6/c1-2-10-19(11-3-1)24-22-13-7-6-12-20(22)21-16-18(14-15-23(21)24)17-8-4-5-9-17;1-2/h1-8,10-16H,9H2;1-2H3. The lowest BCUT2D eigenvalue weighted by Gasteiger charge is -2.08. The van der Waals surface area contributed by atoms with Gasteiger partial charge in [0.05, 0.1) is 11.0 Å². The molecule has 4 aromatic rings. The zero-order valence-corrected chi connectivity index (χ0v) is 15.3. The van der Waals surface area contributed by atoms with E-state index in [4.69, 9.17) is 0 Å². The molecule has 1 heteroatoms. The first-order chi connectivity index (χ1) is 12.9. The van der Waals surface area contributed by atoms with Gasteiger partial charge in [0.1, 0.15) is 0 Å². The second-order valence-corrected chi connectivity index (χ2v) is 6.24. The van der Waals surface area contributed by atoms with Crippen LogP contribution in [0.2, 0.25) is 0 Å². The van der Waals surface area contributed by atoms with Gasteiger partial charge in [-0.05, 0) is 47.9 Å². The number of allylic oxidation sites excluding steroid dienone is 4. The number of nitrogens with zero attached hydrogens (tertiary/aromatic N) is 1. The summed E-state index contributed by atoms with van der Waals surface area (Å²) in [5.74, 6) is 0. The van der Waals surface area contributed by atoms with Crippen LogP contribution in [0.3, 0.4) is 0 Å². The number of rotatable bonds is 2. The first-order valence-electron chi connectivity index (χ1n) is 9.36. The third-order valence-electron chi connectivity index (χ3n) is 4.83. The van der Waals surface area contributed by atoms with Crippen LogP contribution in [-0.4, -0.2) is 4.57 Å². The third kappa shape index (κ3) is 2.66. The van der Waals surface area contributed by atoms with Gasteiger partial charge >= 0.3 is 0 Å². The highest BCUT2D eigenvalue weighted by Crippen LogP contribution is 2.34. The number of benzene rings is 3. The van der Waals surface area contributed by atoms with Crippen LogP contribution in [-0.2, 0) is 0 Å². The largest absolute Gasteiger partial charge is 0.309 e. The summed E-state index contributed by atoms with van der Waals surface area (Å²) in [6, 6.07) is 26.1. The number of hydrogen-bond acceptors (Lipinski definition) is 0. The summed E-state index contributed by atoms with van der Waals surface area (Å²) in [6.45, 7) is 4.00. The molecular weight excluding hydrogens is 314 g/mol. The van der Waals surface area contributed by atoms with Gasteiger partial charge in [-0.2, -0.15) is 0 Å². The van der Waals surface area contributed by atoms with Crippen molar-refractivity contribution in [1.82, 2.24) is 4.57 Å². The average Bonchev–Trinajstić information content (AvgIpc) is 3.36. The lowest BCUT2D eigenvalue weighted by atomic mass is 10.0. The van der Waals surface area contributed by atoms with E-state index < -0.39 is 0 Å². The summed E-state index contributed by atoms with van der Waals surface area (Å²) in [4.78, 5) is 0. The van der Waals surface area contributed by atoms with Gasteiger partial charge in [0.15, 0.2) is 0 Å². The van der Waals surface area contributed by atoms with Crippen LogP contribution in [0.1, 0.15) is 25.8 Å². The lowest BCUT2D eigenvalue weighted by molar-refractivity contribution is 1.18. The van der Waals surface area contributed by atoms with E-state index in [-0.39, 0.29) is 0 Å². The molecule has 0 saturated carbocycles. The Bertz CT molecular complexity index is 1110. The van der Waals surface area contributed by atoms with E-state index in [0.29, 0.717) is 0 Å². The zero-order valence-electron chi connectivity index (χ0n) is 15.3. The Labute approximate surface area is 154 Å². The quantitative estimate of drug-likeness (QED) is 0.366. The van der Waals surface area contributed by atoms with Crippen LogP contribution in [0, 0.1) is 0 Å². The Morgan fingerprint density at radius 1 is 0.731 bits per heavy atom. The average molecular weight is 337 g/mol. The molecule has 0 spiro atoms. The third-order valence-corrected chi connectivity index (χ3v) is 4.83. The Morgan fingerprint density at radius 2 is 1.46 bits per heavy atom. The van der Waals surface area contributed by atoms with E-state index in [9.17, 15) is 0 Å². The molecule has 1 aliphatic rings. The van der Waals surface area contributed by atoms with Crippen molar-refractivity contribution in [3.63, 3.8) is 0 Å². The molecule has 0 saturated heterocycles. The van der Waals surface area contributed by atoms with Crippen LogP contribution in [0.25, 0.3) is 33.1 Å². The van der Waals surface area contributed by atoms with Crippen molar-refractivity contribution >= 4 is 27.4 Å². The monoisotopic (exact) mass is 337 g/mol. The molecule has 3 aromatic carbocycles. The Hall–Kier alpha value is -3.06. The van der Waals surface area contributed by atoms with E-state index >= 15 is 0 Å². The molecule has 1 aliphatic carbocycles. The topological polar surface area (TPSA) is 4.93 Å². The van der Waals surface area contributed by atoms with Gasteiger partial charge in [-0.25, -0.2) is 0 Å². The molecular formula is C25H23N. The summed E-state index contributed by atoms with van der Waals surface area (Å²) in [7, 11) is 0. The van der Waals surface area contributed by atoms with Crippen molar-refractivity contribution in [3.05, 3.63) is 96.6 Å². The van der Waals surface area contributed by atoms with Crippen molar-refractivity contribution in [2.24, 2.45) is 0 Å². The van der Waals surface area contributed by atoms with Crippen LogP contribution < -0.4 is 0 Å². The number of para-hydroxylation sites is 2. The Balaban J connectivity index is 0.000000814. The minimum Gasteiger partial charge on any atom is -0.309 e. The molecule has 1 aromatic heterocycles. The highest BCUT2D eigenvalue weighted by molar-refractivity contribution is 6.10. The van der Waals surface area contributed by atoms with Crippen molar-refractivity contribution in [3.8, 4) is 5.69 Å². The molecule has 1 heterocycles. The molecule has 0 N–H and O–H groups in total. The maximum atomic E-state index is 2.36. The van der Waals surface area contributed by atoms with E-state index in [1.165, 1.54) is 38.6 Å². The van der Waals surface area contributed by atoms with Crippen molar-refractivity contribution in [1.29, 1.82) is 0 Å².